The molecule has 2 nitrogen and oxygen atoms in total. The predicted molar refractivity (Wildman–Crippen MR) is 96.7 cm³/mol. The van der Waals surface area contributed by atoms with Gasteiger partial charge < -0.3 is 0 Å². The smallest absolute Gasteiger partial charge is 0.164 e. The maximum atomic E-state index is 12.4. The molecule has 0 unspecified atom stereocenters. The van der Waals surface area contributed by atoms with Crippen molar-refractivity contribution in [2.45, 2.75) is 46.2 Å². The Morgan fingerprint density at radius 1 is 0.957 bits per heavy atom. The van der Waals surface area contributed by atoms with Crippen LogP contribution in [0.3, 0.4) is 0 Å². The number of hydrogen-bond donors (Lipinski definition) is 0. The van der Waals surface area contributed by atoms with Crippen molar-refractivity contribution < 1.29 is 4.79 Å². The number of carbonyl (C=O) groups is 1. The number of Topliss-reactive ketones (excluding diaryl/α,β-unsaturated/α-hetero) is 1. The summed E-state index contributed by atoms with van der Waals surface area (Å²) >= 11 is 0. The average Bonchev–Trinajstić information content (AvgIpc) is 2.51. The Morgan fingerprint density at radius 3 is 2.13 bits per heavy atom. The SMILES string of the molecule is Cc1ccc(C(=O)CCN(Cc2ccccc2)C(C)(C)C)cc1. The van der Waals surface area contributed by atoms with Crippen LogP contribution in [0.5, 0.6) is 0 Å². The lowest BCUT2D eigenvalue weighted by Crippen LogP contribution is -2.42. The van der Waals surface area contributed by atoms with E-state index in [4.69, 9.17) is 0 Å². The van der Waals surface area contributed by atoms with Gasteiger partial charge in [0.2, 0.25) is 0 Å². The summed E-state index contributed by atoms with van der Waals surface area (Å²) in [5.41, 5.74) is 3.31. The summed E-state index contributed by atoms with van der Waals surface area (Å²) < 4.78 is 0. The van der Waals surface area contributed by atoms with Crippen LogP contribution in [-0.2, 0) is 6.54 Å². The summed E-state index contributed by atoms with van der Waals surface area (Å²) in [5.74, 6) is 0.215. The van der Waals surface area contributed by atoms with E-state index in [-0.39, 0.29) is 11.3 Å². The Morgan fingerprint density at radius 2 is 1.57 bits per heavy atom. The lowest BCUT2D eigenvalue weighted by Gasteiger charge is -2.35. The second-order valence-corrected chi connectivity index (χ2v) is 7.12. The van der Waals surface area contributed by atoms with Crippen LogP contribution in [-0.4, -0.2) is 22.8 Å². The molecule has 0 fully saturated rings. The largest absolute Gasteiger partial charge is 0.294 e. The molecule has 0 atom stereocenters. The molecule has 0 aliphatic carbocycles. The van der Waals surface area contributed by atoms with Crippen molar-refractivity contribution in [3.05, 3.63) is 71.3 Å². The normalized spacial score (nSPS) is 11.7. The van der Waals surface area contributed by atoms with Crippen LogP contribution in [0.25, 0.3) is 0 Å². The van der Waals surface area contributed by atoms with Crippen molar-refractivity contribution in [3.8, 4) is 0 Å². The molecule has 2 heteroatoms. The van der Waals surface area contributed by atoms with Crippen LogP contribution >= 0.6 is 0 Å². The molecule has 0 spiro atoms. The Hall–Kier alpha value is -1.93. The highest BCUT2D eigenvalue weighted by Crippen LogP contribution is 2.18. The van der Waals surface area contributed by atoms with Gasteiger partial charge in [-0.1, -0.05) is 60.2 Å². The summed E-state index contributed by atoms with van der Waals surface area (Å²) in [7, 11) is 0. The lowest BCUT2D eigenvalue weighted by atomic mass is 10.0. The first-order valence-electron chi connectivity index (χ1n) is 8.25. The van der Waals surface area contributed by atoms with Crippen LogP contribution in [0, 0.1) is 6.92 Å². The van der Waals surface area contributed by atoms with E-state index in [9.17, 15) is 4.79 Å². The molecular weight excluding hydrogens is 282 g/mol. The van der Waals surface area contributed by atoms with Crippen LogP contribution in [0.4, 0.5) is 0 Å². The average molecular weight is 309 g/mol. The molecule has 0 saturated carbocycles. The quantitative estimate of drug-likeness (QED) is 0.710. The highest BCUT2D eigenvalue weighted by atomic mass is 16.1. The summed E-state index contributed by atoms with van der Waals surface area (Å²) in [6, 6.07) is 18.3. The number of nitrogens with zero attached hydrogens (tertiary/aromatic N) is 1. The minimum Gasteiger partial charge on any atom is -0.294 e. The zero-order valence-electron chi connectivity index (χ0n) is 14.7. The van der Waals surface area contributed by atoms with E-state index in [1.54, 1.807) is 0 Å². The molecule has 2 aromatic carbocycles. The third-order valence-corrected chi connectivity index (χ3v) is 4.15. The van der Waals surface area contributed by atoms with Crippen molar-refractivity contribution in [3.63, 3.8) is 0 Å². The molecule has 0 aliphatic rings. The van der Waals surface area contributed by atoms with E-state index in [1.807, 2.05) is 37.3 Å². The monoisotopic (exact) mass is 309 g/mol. The minimum absolute atomic E-state index is 0.0311. The van der Waals surface area contributed by atoms with Gasteiger partial charge in [-0.2, -0.15) is 0 Å². The fraction of sp³-hybridized carbons (Fsp3) is 0.381. The Kier molecular flexibility index (Phi) is 5.73. The van der Waals surface area contributed by atoms with Crippen molar-refractivity contribution >= 4 is 5.78 Å². The van der Waals surface area contributed by atoms with Gasteiger partial charge in [0.05, 0.1) is 0 Å². The number of hydrogen-bond acceptors (Lipinski definition) is 2. The number of carbonyl (C=O) groups excluding carboxylic acids is 1. The molecule has 0 saturated heterocycles. The molecule has 0 aromatic heterocycles. The van der Waals surface area contributed by atoms with E-state index >= 15 is 0 Å². The first kappa shape index (κ1) is 17.4. The number of aryl methyl sites for hydroxylation is 1. The molecule has 0 bridgehead atoms. The first-order valence-corrected chi connectivity index (χ1v) is 8.25. The van der Waals surface area contributed by atoms with Crippen molar-refractivity contribution in [2.24, 2.45) is 0 Å². The number of ketones is 1. The van der Waals surface area contributed by atoms with Gasteiger partial charge in [-0.15, -0.1) is 0 Å². The van der Waals surface area contributed by atoms with Crippen LogP contribution in [0.2, 0.25) is 0 Å². The lowest BCUT2D eigenvalue weighted by molar-refractivity contribution is 0.0896. The topological polar surface area (TPSA) is 20.3 Å². The zero-order chi connectivity index (χ0) is 16.9. The maximum absolute atomic E-state index is 12.4. The molecular formula is C21H27NO. The van der Waals surface area contributed by atoms with Gasteiger partial charge in [-0.05, 0) is 33.3 Å². The van der Waals surface area contributed by atoms with E-state index in [1.165, 1.54) is 11.1 Å². The highest BCUT2D eigenvalue weighted by molar-refractivity contribution is 5.96. The second kappa shape index (κ2) is 7.56. The molecule has 2 aromatic rings. The van der Waals surface area contributed by atoms with Gasteiger partial charge in [0.1, 0.15) is 0 Å². The third kappa shape index (κ3) is 5.33. The summed E-state index contributed by atoms with van der Waals surface area (Å²) in [4.78, 5) is 14.8. The van der Waals surface area contributed by atoms with Gasteiger partial charge >= 0.3 is 0 Å². The molecule has 0 aliphatic heterocycles. The van der Waals surface area contributed by atoms with E-state index in [2.05, 4.69) is 49.9 Å². The van der Waals surface area contributed by atoms with Gasteiger partial charge in [-0.25, -0.2) is 0 Å². The zero-order valence-corrected chi connectivity index (χ0v) is 14.7. The van der Waals surface area contributed by atoms with Gasteiger partial charge in [-0.3, -0.25) is 9.69 Å². The number of benzene rings is 2. The third-order valence-electron chi connectivity index (χ3n) is 4.15. The van der Waals surface area contributed by atoms with Crippen LogP contribution in [0.1, 0.15) is 48.7 Å². The summed E-state index contributed by atoms with van der Waals surface area (Å²) in [6.45, 7) is 10.3. The Balaban J connectivity index is 2.01. The summed E-state index contributed by atoms with van der Waals surface area (Å²) in [6.07, 6.45) is 0.549. The van der Waals surface area contributed by atoms with Crippen molar-refractivity contribution in [2.75, 3.05) is 6.54 Å². The van der Waals surface area contributed by atoms with Crippen molar-refractivity contribution in [1.82, 2.24) is 4.90 Å². The van der Waals surface area contributed by atoms with Gasteiger partial charge in [0.25, 0.3) is 0 Å². The molecule has 2 rings (SSSR count). The predicted octanol–water partition coefficient (Wildman–Crippen LogP) is 4.87. The van der Waals surface area contributed by atoms with Gasteiger partial charge in [0, 0.05) is 30.6 Å². The molecule has 0 N–H and O–H groups in total. The highest BCUT2D eigenvalue weighted by Gasteiger charge is 2.22. The minimum atomic E-state index is 0.0311. The second-order valence-electron chi connectivity index (χ2n) is 7.12. The Labute approximate surface area is 140 Å². The fourth-order valence-electron chi connectivity index (χ4n) is 2.58. The van der Waals surface area contributed by atoms with Crippen LogP contribution in [0.15, 0.2) is 54.6 Å². The van der Waals surface area contributed by atoms with Gasteiger partial charge in [0.15, 0.2) is 5.78 Å². The van der Waals surface area contributed by atoms with E-state index in [0.29, 0.717) is 6.42 Å². The van der Waals surface area contributed by atoms with Crippen LogP contribution < -0.4 is 0 Å². The summed E-state index contributed by atoms with van der Waals surface area (Å²) in [5, 5.41) is 0. The fourth-order valence-corrected chi connectivity index (χ4v) is 2.58. The standard InChI is InChI=1S/C21H27NO/c1-17-10-12-19(13-11-17)20(23)14-15-22(21(2,3)4)16-18-8-6-5-7-9-18/h5-13H,14-16H2,1-4H3. The van der Waals surface area contributed by atoms with Crippen molar-refractivity contribution in [1.29, 1.82) is 0 Å². The molecule has 0 amide bonds. The van der Waals surface area contributed by atoms with E-state index in [0.717, 1.165) is 18.7 Å². The molecule has 122 valence electrons. The van der Waals surface area contributed by atoms with E-state index < -0.39 is 0 Å². The Bertz CT molecular complexity index is 623. The first-order chi connectivity index (χ1) is 10.9. The molecule has 0 heterocycles. The number of rotatable bonds is 6. The maximum Gasteiger partial charge on any atom is 0.164 e. The molecule has 0 radical (unpaired) electrons. The molecule has 23 heavy (non-hydrogen) atoms.